The Morgan fingerprint density at radius 1 is 1.33 bits per heavy atom. The van der Waals surface area contributed by atoms with Crippen LogP contribution < -0.4 is 5.73 Å². The Bertz CT molecular complexity index is 386. The zero-order valence-electron chi connectivity index (χ0n) is 7.44. The molecule has 0 aliphatic rings. The van der Waals surface area contributed by atoms with E-state index in [0.29, 0.717) is 6.07 Å². The minimum atomic E-state index is -4.60. The van der Waals surface area contributed by atoms with Crippen LogP contribution in [0, 0.1) is 5.82 Å². The molecule has 1 aromatic carbocycles. The van der Waals surface area contributed by atoms with E-state index in [2.05, 4.69) is 12.2 Å². The van der Waals surface area contributed by atoms with Gasteiger partial charge in [-0.3, -0.25) is 0 Å². The molecule has 0 bridgehead atoms. The Hall–Kier alpha value is -1.17. The van der Waals surface area contributed by atoms with Crippen molar-refractivity contribution in [1.82, 2.24) is 0 Å². The lowest BCUT2D eigenvalue weighted by Crippen LogP contribution is -2.16. The summed E-state index contributed by atoms with van der Waals surface area (Å²) in [5.41, 5.74) is 4.00. The van der Waals surface area contributed by atoms with Gasteiger partial charge in [0.2, 0.25) is 0 Å². The largest absolute Gasteiger partial charge is 0.416 e. The van der Waals surface area contributed by atoms with Crippen LogP contribution >= 0.6 is 12.2 Å². The molecule has 6 heteroatoms. The van der Waals surface area contributed by atoms with Crippen LogP contribution in [-0.4, -0.2) is 4.99 Å². The topological polar surface area (TPSA) is 26.0 Å². The van der Waals surface area contributed by atoms with Gasteiger partial charge in [-0.1, -0.05) is 18.3 Å². The highest BCUT2D eigenvalue weighted by Crippen LogP contribution is 2.32. The van der Waals surface area contributed by atoms with E-state index >= 15 is 0 Å². The van der Waals surface area contributed by atoms with Crippen LogP contribution in [0.4, 0.5) is 17.6 Å². The van der Waals surface area contributed by atoms with Crippen LogP contribution in [0.1, 0.15) is 11.1 Å². The molecule has 82 valence electrons. The number of benzene rings is 1. The second kappa shape index (κ2) is 4.14. The maximum atomic E-state index is 12.7. The summed E-state index contributed by atoms with van der Waals surface area (Å²) in [5.74, 6) is -0.936. The molecule has 2 N–H and O–H groups in total. The van der Waals surface area contributed by atoms with Crippen molar-refractivity contribution in [3.63, 3.8) is 0 Å². The number of nitrogens with two attached hydrogens (primary N) is 1. The van der Waals surface area contributed by atoms with Gasteiger partial charge in [0, 0.05) is 6.42 Å². The summed E-state index contributed by atoms with van der Waals surface area (Å²) in [5, 5.41) is 0. The van der Waals surface area contributed by atoms with Crippen molar-refractivity contribution >= 4 is 17.2 Å². The zero-order chi connectivity index (χ0) is 11.6. The summed E-state index contributed by atoms with van der Waals surface area (Å²) < 4.78 is 49.9. The molecule has 0 radical (unpaired) electrons. The van der Waals surface area contributed by atoms with Gasteiger partial charge in [-0.05, 0) is 17.7 Å². The number of thiocarbonyl (C=S) groups is 1. The molecule has 0 amide bonds. The minimum Gasteiger partial charge on any atom is -0.393 e. The van der Waals surface area contributed by atoms with Gasteiger partial charge >= 0.3 is 6.18 Å². The van der Waals surface area contributed by atoms with Crippen molar-refractivity contribution in [3.8, 4) is 0 Å². The first-order chi connectivity index (χ1) is 6.80. The van der Waals surface area contributed by atoms with E-state index in [1.165, 1.54) is 0 Å². The Labute approximate surface area is 88.9 Å². The summed E-state index contributed by atoms with van der Waals surface area (Å²) in [6.45, 7) is 0. The van der Waals surface area contributed by atoms with E-state index in [0.717, 1.165) is 12.1 Å². The smallest absolute Gasteiger partial charge is 0.393 e. The van der Waals surface area contributed by atoms with Gasteiger partial charge in [0.25, 0.3) is 0 Å². The molecule has 0 aliphatic heterocycles. The number of hydrogen-bond donors (Lipinski definition) is 1. The zero-order valence-corrected chi connectivity index (χ0v) is 8.25. The van der Waals surface area contributed by atoms with Gasteiger partial charge in [-0.2, -0.15) is 13.2 Å². The van der Waals surface area contributed by atoms with E-state index in [1.54, 1.807) is 0 Å². The fourth-order valence-electron chi connectivity index (χ4n) is 1.15. The Morgan fingerprint density at radius 2 is 1.93 bits per heavy atom. The van der Waals surface area contributed by atoms with E-state index in [-0.39, 0.29) is 17.0 Å². The predicted octanol–water partition coefficient (Wildman–Crippen LogP) is 2.67. The van der Waals surface area contributed by atoms with Crippen LogP contribution in [0.5, 0.6) is 0 Å². The molecule has 0 saturated carbocycles. The first kappa shape index (κ1) is 11.9. The normalized spacial score (nSPS) is 11.5. The highest BCUT2D eigenvalue weighted by molar-refractivity contribution is 7.80. The van der Waals surface area contributed by atoms with Crippen molar-refractivity contribution in [3.05, 3.63) is 35.1 Å². The molecule has 0 spiro atoms. The monoisotopic (exact) mass is 237 g/mol. The standard InChI is InChI=1S/C9H7F4NS/c10-6-2-1-5(3-8(14)15)7(4-6)9(11,12)13/h1-2,4H,3H2,(H2,14,15). The summed E-state index contributed by atoms with van der Waals surface area (Å²) in [6, 6.07) is 2.42. The molecule has 0 atom stereocenters. The molecule has 0 fully saturated rings. The van der Waals surface area contributed by atoms with E-state index < -0.39 is 17.6 Å². The Morgan fingerprint density at radius 3 is 2.40 bits per heavy atom. The second-order valence-electron chi connectivity index (χ2n) is 2.94. The maximum Gasteiger partial charge on any atom is 0.416 e. The number of halogens is 4. The molecule has 1 rings (SSSR count). The first-order valence-corrected chi connectivity index (χ1v) is 4.35. The summed E-state index contributed by atoms with van der Waals surface area (Å²) >= 11 is 4.51. The Kier molecular flexibility index (Phi) is 3.28. The highest BCUT2D eigenvalue weighted by Gasteiger charge is 2.33. The van der Waals surface area contributed by atoms with Crippen LogP contribution in [0.3, 0.4) is 0 Å². The van der Waals surface area contributed by atoms with Crippen molar-refractivity contribution in [1.29, 1.82) is 0 Å². The SMILES string of the molecule is NC(=S)Cc1ccc(F)cc1C(F)(F)F. The van der Waals surface area contributed by atoms with Gasteiger partial charge in [0.1, 0.15) is 5.82 Å². The lowest BCUT2D eigenvalue weighted by Gasteiger charge is -2.12. The van der Waals surface area contributed by atoms with Gasteiger partial charge in [-0.25, -0.2) is 4.39 Å². The average Bonchev–Trinajstić information content (AvgIpc) is 2.05. The van der Waals surface area contributed by atoms with Gasteiger partial charge in [0.05, 0.1) is 10.6 Å². The lowest BCUT2D eigenvalue weighted by atomic mass is 10.0. The van der Waals surface area contributed by atoms with Crippen molar-refractivity contribution < 1.29 is 17.6 Å². The maximum absolute atomic E-state index is 12.7. The minimum absolute atomic E-state index is 0.0629. The van der Waals surface area contributed by atoms with E-state index in [4.69, 9.17) is 5.73 Å². The third-order valence-electron chi connectivity index (χ3n) is 1.74. The van der Waals surface area contributed by atoms with Gasteiger partial charge < -0.3 is 5.73 Å². The van der Waals surface area contributed by atoms with E-state index in [1.807, 2.05) is 0 Å². The summed E-state index contributed by atoms with van der Waals surface area (Å²) in [6.07, 6.45) is -4.79. The fraction of sp³-hybridized carbons (Fsp3) is 0.222. The number of alkyl halides is 3. The molecule has 15 heavy (non-hydrogen) atoms. The molecule has 0 saturated heterocycles. The van der Waals surface area contributed by atoms with Crippen LogP contribution in [0.25, 0.3) is 0 Å². The third-order valence-corrected chi connectivity index (χ3v) is 1.89. The number of hydrogen-bond acceptors (Lipinski definition) is 1. The molecule has 0 unspecified atom stereocenters. The third kappa shape index (κ3) is 3.16. The molecule has 0 heterocycles. The predicted molar refractivity (Wildman–Crippen MR) is 51.9 cm³/mol. The van der Waals surface area contributed by atoms with Gasteiger partial charge in [-0.15, -0.1) is 0 Å². The quantitative estimate of drug-likeness (QED) is 0.632. The Balaban J connectivity index is 3.20. The molecule has 1 aromatic rings. The molecule has 0 aliphatic carbocycles. The fourth-order valence-corrected chi connectivity index (χ4v) is 1.31. The molecule has 0 aromatic heterocycles. The highest BCUT2D eigenvalue weighted by atomic mass is 32.1. The van der Waals surface area contributed by atoms with Crippen LogP contribution in [0.2, 0.25) is 0 Å². The lowest BCUT2D eigenvalue weighted by molar-refractivity contribution is -0.138. The first-order valence-electron chi connectivity index (χ1n) is 3.94. The molecule has 1 nitrogen and oxygen atoms in total. The summed E-state index contributed by atoms with van der Waals surface area (Å²) in [7, 11) is 0. The van der Waals surface area contributed by atoms with Crippen LogP contribution in [0.15, 0.2) is 18.2 Å². The molecular weight excluding hydrogens is 230 g/mol. The summed E-state index contributed by atoms with van der Waals surface area (Å²) in [4.78, 5) is -0.0629. The average molecular weight is 237 g/mol. The van der Waals surface area contributed by atoms with Crippen molar-refractivity contribution in [2.45, 2.75) is 12.6 Å². The van der Waals surface area contributed by atoms with Gasteiger partial charge in [0.15, 0.2) is 0 Å². The second-order valence-corrected chi connectivity index (χ2v) is 3.47. The molecular formula is C9H7F4NS. The van der Waals surface area contributed by atoms with Crippen molar-refractivity contribution in [2.75, 3.05) is 0 Å². The number of rotatable bonds is 2. The van der Waals surface area contributed by atoms with Crippen LogP contribution in [-0.2, 0) is 12.6 Å². The van der Waals surface area contributed by atoms with Crippen molar-refractivity contribution in [2.24, 2.45) is 5.73 Å². The van der Waals surface area contributed by atoms with E-state index in [9.17, 15) is 17.6 Å².